The molecule has 0 aliphatic carbocycles. The maximum atomic E-state index is 13.4. The van der Waals surface area contributed by atoms with E-state index in [1.807, 2.05) is 66.2 Å². The van der Waals surface area contributed by atoms with Crippen LogP contribution in [0.2, 0.25) is 0 Å². The minimum absolute atomic E-state index is 0.0654. The quantitative estimate of drug-likeness (QED) is 0.588. The summed E-state index contributed by atoms with van der Waals surface area (Å²) in [4.78, 5) is 4.41. The Hall–Kier alpha value is -3.21. The minimum atomic E-state index is -0.240. The molecule has 2 aromatic carbocycles. The Morgan fingerprint density at radius 1 is 1.00 bits per heavy atom. The SMILES string of the molecule is CC(Nc1ccc2ncc(-c3ccccc3)n2n1)c1cccc(F)c1. The molecule has 124 valence electrons. The van der Waals surface area contributed by atoms with Crippen LogP contribution in [0.15, 0.2) is 72.9 Å². The zero-order valence-corrected chi connectivity index (χ0v) is 13.7. The molecule has 0 saturated carbocycles. The Kier molecular flexibility index (Phi) is 3.90. The van der Waals surface area contributed by atoms with Gasteiger partial charge in [0.2, 0.25) is 0 Å². The summed E-state index contributed by atoms with van der Waals surface area (Å²) in [5.74, 6) is 0.468. The highest BCUT2D eigenvalue weighted by molar-refractivity contribution is 5.63. The second kappa shape index (κ2) is 6.36. The van der Waals surface area contributed by atoms with Crippen LogP contribution in [0.25, 0.3) is 16.9 Å². The fraction of sp³-hybridized carbons (Fsp3) is 0.100. The third-order valence-corrected chi connectivity index (χ3v) is 4.14. The molecular formula is C20H17FN4. The van der Waals surface area contributed by atoms with Gasteiger partial charge in [-0.3, -0.25) is 0 Å². The van der Waals surface area contributed by atoms with Crippen LogP contribution >= 0.6 is 0 Å². The largest absolute Gasteiger partial charge is 0.362 e. The third-order valence-electron chi connectivity index (χ3n) is 4.14. The van der Waals surface area contributed by atoms with Gasteiger partial charge in [0.15, 0.2) is 5.65 Å². The van der Waals surface area contributed by atoms with Crippen LogP contribution in [0, 0.1) is 5.82 Å². The van der Waals surface area contributed by atoms with Gasteiger partial charge >= 0.3 is 0 Å². The van der Waals surface area contributed by atoms with Gasteiger partial charge in [0.25, 0.3) is 0 Å². The van der Waals surface area contributed by atoms with Crippen molar-refractivity contribution < 1.29 is 4.39 Å². The van der Waals surface area contributed by atoms with E-state index in [4.69, 9.17) is 0 Å². The average molecular weight is 332 g/mol. The van der Waals surface area contributed by atoms with Crippen molar-refractivity contribution in [3.8, 4) is 11.3 Å². The number of rotatable bonds is 4. The predicted molar refractivity (Wildman–Crippen MR) is 96.9 cm³/mol. The molecule has 0 radical (unpaired) electrons. The van der Waals surface area contributed by atoms with Gasteiger partial charge in [0.1, 0.15) is 11.6 Å². The number of anilines is 1. The zero-order chi connectivity index (χ0) is 17.2. The molecule has 0 spiro atoms. The fourth-order valence-corrected chi connectivity index (χ4v) is 2.84. The summed E-state index contributed by atoms with van der Waals surface area (Å²) in [6, 6.07) is 20.3. The standard InChI is InChI=1S/C20H17FN4/c1-14(16-8-5-9-17(21)12-16)23-19-10-11-20-22-13-18(25(20)24-19)15-6-3-2-4-7-15/h2-14H,1H3,(H,23,24). The van der Waals surface area contributed by atoms with Crippen LogP contribution in [0.3, 0.4) is 0 Å². The topological polar surface area (TPSA) is 42.2 Å². The smallest absolute Gasteiger partial charge is 0.154 e. The normalized spacial score (nSPS) is 12.2. The second-order valence-electron chi connectivity index (χ2n) is 5.92. The lowest BCUT2D eigenvalue weighted by Crippen LogP contribution is -2.09. The van der Waals surface area contributed by atoms with Crippen molar-refractivity contribution >= 4 is 11.5 Å². The van der Waals surface area contributed by atoms with Crippen LogP contribution in [-0.2, 0) is 0 Å². The van der Waals surface area contributed by atoms with Crippen molar-refractivity contribution in [3.63, 3.8) is 0 Å². The Labute approximate surface area is 145 Å². The Morgan fingerprint density at radius 3 is 2.64 bits per heavy atom. The summed E-state index contributed by atoms with van der Waals surface area (Å²) in [6.45, 7) is 1.98. The molecule has 0 aliphatic heterocycles. The average Bonchev–Trinajstić information content (AvgIpc) is 3.05. The van der Waals surface area contributed by atoms with E-state index in [-0.39, 0.29) is 11.9 Å². The number of benzene rings is 2. The first-order valence-electron chi connectivity index (χ1n) is 8.13. The summed E-state index contributed by atoms with van der Waals surface area (Å²) in [5, 5.41) is 7.97. The second-order valence-corrected chi connectivity index (χ2v) is 5.92. The first kappa shape index (κ1) is 15.3. The van der Waals surface area contributed by atoms with Crippen molar-refractivity contribution in [3.05, 3.63) is 84.3 Å². The molecule has 4 nitrogen and oxygen atoms in total. The van der Waals surface area contributed by atoms with E-state index in [1.165, 1.54) is 12.1 Å². The molecule has 5 heteroatoms. The number of hydrogen-bond donors (Lipinski definition) is 1. The molecule has 2 aromatic heterocycles. The molecule has 1 unspecified atom stereocenters. The predicted octanol–water partition coefficient (Wildman–Crippen LogP) is 4.71. The number of hydrogen-bond acceptors (Lipinski definition) is 3. The zero-order valence-electron chi connectivity index (χ0n) is 13.7. The molecule has 1 N–H and O–H groups in total. The van der Waals surface area contributed by atoms with E-state index < -0.39 is 0 Å². The molecule has 2 heterocycles. The van der Waals surface area contributed by atoms with Gasteiger partial charge in [-0.15, -0.1) is 5.10 Å². The van der Waals surface area contributed by atoms with Gasteiger partial charge in [0, 0.05) is 5.56 Å². The fourth-order valence-electron chi connectivity index (χ4n) is 2.84. The minimum Gasteiger partial charge on any atom is -0.362 e. The van der Waals surface area contributed by atoms with Gasteiger partial charge in [-0.25, -0.2) is 13.9 Å². The van der Waals surface area contributed by atoms with E-state index in [2.05, 4.69) is 15.4 Å². The van der Waals surface area contributed by atoms with E-state index >= 15 is 0 Å². The maximum Gasteiger partial charge on any atom is 0.154 e. The van der Waals surface area contributed by atoms with Crippen LogP contribution in [-0.4, -0.2) is 14.6 Å². The monoisotopic (exact) mass is 332 g/mol. The molecule has 4 aromatic rings. The first-order valence-corrected chi connectivity index (χ1v) is 8.13. The lowest BCUT2D eigenvalue weighted by Gasteiger charge is -2.15. The highest BCUT2D eigenvalue weighted by Gasteiger charge is 2.10. The van der Waals surface area contributed by atoms with Crippen LogP contribution in [0.1, 0.15) is 18.5 Å². The Balaban J connectivity index is 1.67. The first-order chi connectivity index (χ1) is 12.2. The molecule has 0 bridgehead atoms. The van der Waals surface area contributed by atoms with E-state index in [9.17, 15) is 4.39 Å². The summed E-state index contributed by atoms with van der Waals surface area (Å²) >= 11 is 0. The summed E-state index contributed by atoms with van der Waals surface area (Å²) in [6.07, 6.45) is 1.82. The van der Waals surface area contributed by atoms with Crippen molar-refractivity contribution in [1.29, 1.82) is 0 Å². The van der Waals surface area contributed by atoms with Gasteiger partial charge in [-0.2, -0.15) is 0 Å². The van der Waals surface area contributed by atoms with Crippen LogP contribution in [0.4, 0.5) is 10.2 Å². The van der Waals surface area contributed by atoms with E-state index in [1.54, 1.807) is 6.07 Å². The number of nitrogens with zero attached hydrogens (tertiary/aromatic N) is 3. The molecule has 0 aliphatic rings. The summed E-state index contributed by atoms with van der Waals surface area (Å²) < 4.78 is 15.2. The van der Waals surface area contributed by atoms with Crippen molar-refractivity contribution in [2.45, 2.75) is 13.0 Å². The molecule has 0 amide bonds. The molecule has 0 fully saturated rings. The number of aromatic nitrogens is 3. The Morgan fingerprint density at radius 2 is 1.84 bits per heavy atom. The molecular weight excluding hydrogens is 315 g/mol. The molecule has 1 atom stereocenters. The maximum absolute atomic E-state index is 13.4. The van der Waals surface area contributed by atoms with Crippen molar-refractivity contribution in [2.24, 2.45) is 0 Å². The number of imidazole rings is 1. The number of halogens is 1. The van der Waals surface area contributed by atoms with Crippen molar-refractivity contribution in [1.82, 2.24) is 14.6 Å². The highest BCUT2D eigenvalue weighted by Crippen LogP contribution is 2.22. The van der Waals surface area contributed by atoms with Crippen LogP contribution < -0.4 is 5.32 Å². The van der Waals surface area contributed by atoms with Crippen molar-refractivity contribution in [2.75, 3.05) is 5.32 Å². The summed E-state index contributed by atoms with van der Waals surface area (Å²) in [5.41, 5.74) is 3.63. The van der Waals surface area contributed by atoms with Gasteiger partial charge in [-0.05, 0) is 36.8 Å². The lowest BCUT2D eigenvalue weighted by molar-refractivity contribution is 0.623. The van der Waals surface area contributed by atoms with Gasteiger partial charge in [0.05, 0.1) is 17.9 Å². The van der Waals surface area contributed by atoms with E-state index in [0.29, 0.717) is 5.82 Å². The van der Waals surface area contributed by atoms with Gasteiger partial charge in [-0.1, -0.05) is 42.5 Å². The van der Waals surface area contributed by atoms with Gasteiger partial charge < -0.3 is 5.32 Å². The number of fused-ring (bicyclic) bond motifs is 1. The highest BCUT2D eigenvalue weighted by atomic mass is 19.1. The lowest BCUT2D eigenvalue weighted by atomic mass is 10.1. The molecule has 25 heavy (non-hydrogen) atoms. The van der Waals surface area contributed by atoms with E-state index in [0.717, 1.165) is 22.5 Å². The number of nitrogens with one attached hydrogen (secondary N) is 1. The molecule has 0 saturated heterocycles. The summed E-state index contributed by atoms with van der Waals surface area (Å²) in [7, 11) is 0. The van der Waals surface area contributed by atoms with Crippen LogP contribution in [0.5, 0.6) is 0 Å². The third kappa shape index (κ3) is 3.08. The molecule has 4 rings (SSSR count). The Bertz CT molecular complexity index is 1010.